The Morgan fingerprint density at radius 2 is 1.93 bits per heavy atom. The van der Waals surface area contributed by atoms with Crippen molar-refractivity contribution < 1.29 is 37.5 Å². The molecule has 236 valence electrons. The van der Waals surface area contributed by atoms with E-state index in [0.717, 1.165) is 52.9 Å². The van der Waals surface area contributed by atoms with Crippen molar-refractivity contribution in [2.24, 2.45) is 11.8 Å². The minimum atomic E-state index is -5.75. The van der Waals surface area contributed by atoms with E-state index >= 15 is 0 Å². The first-order chi connectivity index (χ1) is 21.4. The number of nitrogens with zero attached hydrogens (tertiary/aromatic N) is 2. The van der Waals surface area contributed by atoms with Crippen molar-refractivity contribution >= 4 is 57.8 Å². The third-order valence-corrected chi connectivity index (χ3v) is 11.4. The Morgan fingerprint density at radius 3 is 2.73 bits per heavy atom. The molecule has 15 heteroatoms. The number of aromatic amines is 1. The highest BCUT2D eigenvalue weighted by Crippen LogP contribution is 2.59. The van der Waals surface area contributed by atoms with Gasteiger partial charge >= 0.3 is 13.3 Å². The van der Waals surface area contributed by atoms with Crippen LogP contribution < -0.4 is 10.6 Å². The second kappa shape index (κ2) is 11.0. The highest BCUT2D eigenvalue weighted by molar-refractivity contribution is 7.52. The second-order valence-electron chi connectivity index (χ2n) is 12.1. The van der Waals surface area contributed by atoms with Crippen LogP contribution in [0.5, 0.6) is 0 Å². The molecule has 0 radical (unpaired) electrons. The Balaban J connectivity index is 1.08. The molecule has 1 aromatic carbocycles. The number of carbonyl (C=O) groups is 3. The van der Waals surface area contributed by atoms with Gasteiger partial charge in [-0.15, -0.1) is 11.3 Å². The van der Waals surface area contributed by atoms with Crippen LogP contribution in [0.1, 0.15) is 52.9 Å². The molecule has 3 amide bonds. The van der Waals surface area contributed by atoms with E-state index in [9.17, 15) is 27.7 Å². The van der Waals surface area contributed by atoms with E-state index in [1.54, 1.807) is 17.3 Å². The van der Waals surface area contributed by atoms with Gasteiger partial charge in [0, 0.05) is 40.6 Å². The van der Waals surface area contributed by atoms with Gasteiger partial charge in [0.25, 0.3) is 5.91 Å². The highest BCUT2D eigenvalue weighted by Gasteiger charge is 2.52. The Bertz CT molecular complexity index is 1890. The first-order valence-electron chi connectivity index (χ1n) is 14.7. The maximum absolute atomic E-state index is 14.3. The average molecular weight is 658 g/mol. The van der Waals surface area contributed by atoms with Gasteiger partial charge < -0.3 is 30.3 Å². The summed E-state index contributed by atoms with van der Waals surface area (Å²) in [5, 5.41) is 6.96. The van der Waals surface area contributed by atoms with Crippen molar-refractivity contribution in [1.29, 1.82) is 0 Å². The number of hydrogen-bond donors (Lipinski definition) is 5. The predicted molar refractivity (Wildman–Crippen MR) is 161 cm³/mol. The smallest absolute Gasteiger partial charge is 0.350 e. The van der Waals surface area contributed by atoms with Crippen molar-refractivity contribution in [1.82, 2.24) is 25.5 Å². The molecule has 7 rings (SSSR count). The molecule has 5 N–H and O–H groups in total. The average Bonchev–Trinajstić information content (AvgIpc) is 3.35. The topological polar surface area (TPSA) is 165 Å². The number of halogens is 2. The second-order valence-corrected chi connectivity index (χ2v) is 14.9. The van der Waals surface area contributed by atoms with Crippen molar-refractivity contribution in [3.8, 4) is 0 Å². The zero-order chi connectivity index (χ0) is 31.7. The standard InChI is InChI=1S/C30H30F2N5O6PS/c31-30(32,44(41,42)43)19-3-6-24-17(9-19)12-25(45-24)28(39)36-22-11-16-8-15(16)10-20-4-5-23(37(20)29(22)40)27(38)35-14-18-13-34-26-21(18)2-1-7-33-26/h1-3,6-7,9,12-13,15-16,20,22-23H,4-5,8,10-11,14H2,(H,33,34)(H,35,38)(H,36,39)(H2,41,42,43)/t15-,16+,20+,22-,23-/m0/s1. The Morgan fingerprint density at radius 1 is 1.13 bits per heavy atom. The molecule has 3 fully saturated rings. The van der Waals surface area contributed by atoms with Crippen molar-refractivity contribution in [3.05, 3.63) is 64.8 Å². The van der Waals surface area contributed by atoms with Gasteiger partial charge in [-0.05, 0) is 85.2 Å². The normalized spacial score (nSPS) is 25.0. The molecule has 0 bridgehead atoms. The SMILES string of the molecule is O=C(N[C@H]1C[C@H]2C[C@H]2C[C@H]2CC[C@@H](C(=O)NCc3c[nH]c4ncccc34)N2C1=O)c1cc2cc(C(F)(F)P(=O)(O)O)ccc2s1. The summed E-state index contributed by atoms with van der Waals surface area (Å²) >= 11 is 1.03. The fourth-order valence-corrected chi connectivity index (χ4v) is 8.27. The van der Waals surface area contributed by atoms with Crippen LogP contribution in [0, 0.1) is 11.8 Å². The van der Waals surface area contributed by atoms with E-state index in [4.69, 9.17) is 9.79 Å². The first kappa shape index (κ1) is 30.0. The zero-order valence-electron chi connectivity index (χ0n) is 23.8. The number of rotatable bonds is 7. The van der Waals surface area contributed by atoms with E-state index in [-0.39, 0.29) is 34.7 Å². The van der Waals surface area contributed by atoms with Crippen LogP contribution in [-0.2, 0) is 26.4 Å². The summed E-state index contributed by atoms with van der Waals surface area (Å²) in [5.74, 6) is -0.402. The van der Waals surface area contributed by atoms with E-state index in [1.165, 1.54) is 12.1 Å². The number of amides is 3. The Hall–Kier alpha value is -3.71. The summed E-state index contributed by atoms with van der Waals surface area (Å²) in [6, 6.07) is 6.67. The molecule has 3 aliphatic rings. The minimum absolute atomic E-state index is 0.0984. The van der Waals surface area contributed by atoms with Gasteiger partial charge in [-0.3, -0.25) is 18.9 Å². The third kappa shape index (κ3) is 5.43. The Kier molecular flexibility index (Phi) is 7.31. The van der Waals surface area contributed by atoms with Gasteiger partial charge in [-0.1, -0.05) is 6.07 Å². The summed E-state index contributed by atoms with van der Waals surface area (Å²) in [7, 11) is -5.75. The molecule has 4 aromatic rings. The van der Waals surface area contributed by atoms with Gasteiger partial charge in [0.2, 0.25) is 11.8 Å². The number of benzene rings is 1. The number of nitrogens with one attached hydrogen (secondary N) is 3. The molecule has 2 aliphatic heterocycles. The van der Waals surface area contributed by atoms with Crippen LogP contribution in [0.3, 0.4) is 0 Å². The number of H-pyrrole nitrogens is 1. The van der Waals surface area contributed by atoms with Gasteiger partial charge in [-0.2, -0.15) is 8.78 Å². The summed E-state index contributed by atoms with van der Waals surface area (Å²) in [4.78, 5) is 68.3. The largest absolute Gasteiger partial charge is 0.399 e. The van der Waals surface area contributed by atoms with Crippen LogP contribution in [0.15, 0.2) is 48.8 Å². The maximum atomic E-state index is 14.3. The lowest BCUT2D eigenvalue weighted by atomic mass is 9.99. The van der Waals surface area contributed by atoms with E-state index < -0.39 is 36.8 Å². The molecule has 5 atom stereocenters. The van der Waals surface area contributed by atoms with Crippen molar-refractivity contribution in [2.45, 2.75) is 62.4 Å². The lowest BCUT2D eigenvalue weighted by molar-refractivity contribution is -0.142. The summed E-state index contributed by atoms with van der Waals surface area (Å²) in [6.07, 6.45) is 6.92. The van der Waals surface area contributed by atoms with Crippen LogP contribution in [0.2, 0.25) is 0 Å². The van der Waals surface area contributed by atoms with Crippen LogP contribution in [0.25, 0.3) is 21.1 Å². The van der Waals surface area contributed by atoms with Crippen LogP contribution in [-0.4, -0.2) is 60.5 Å². The molecular formula is C30H30F2N5O6PS. The summed E-state index contributed by atoms with van der Waals surface area (Å²) < 4.78 is 40.4. The van der Waals surface area contributed by atoms with Crippen molar-refractivity contribution in [2.75, 3.05) is 0 Å². The molecule has 3 aromatic heterocycles. The highest BCUT2D eigenvalue weighted by atomic mass is 32.1. The van der Waals surface area contributed by atoms with Crippen LogP contribution in [0.4, 0.5) is 8.78 Å². The van der Waals surface area contributed by atoms with Crippen LogP contribution >= 0.6 is 18.9 Å². The molecular weight excluding hydrogens is 627 g/mol. The van der Waals surface area contributed by atoms with Gasteiger partial charge in [0.05, 0.1) is 4.88 Å². The molecule has 0 unspecified atom stereocenters. The Labute approximate surface area is 259 Å². The maximum Gasteiger partial charge on any atom is 0.399 e. The summed E-state index contributed by atoms with van der Waals surface area (Å²) in [5.41, 5.74) is -3.63. The lowest BCUT2D eigenvalue weighted by Crippen LogP contribution is -2.56. The minimum Gasteiger partial charge on any atom is -0.350 e. The van der Waals surface area contributed by atoms with Gasteiger partial charge in [0.15, 0.2) is 0 Å². The molecule has 1 aliphatic carbocycles. The molecule has 11 nitrogen and oxygen atoms in total. The monoisotopic (exact) mass is 657 g/mol. The molecule has 45 heavy (non-hydrogen) atoms. The van der Waals surface area contributed by atoms with Gasteiger partial charge in [-0.25, -0.2) is 4.98 Å². The fraction of sp³-hybridized carbons (Fsp3) is 0.400. The molecule has 0 spiro atoms. The zero-order valence-corrected chi connectivity index (χ0v) is 25.5. The molecule has 5 heterocycles. The number of aromatic nitrogens is 2. The number of pyridine rings is 1. The lowest BCUT2D eigenvalue weighted by Gasteiger charge is -2.35. The first-order valence-corrected chi connectivity index (χ1v) is 17.1. The van der Waals surface area contributed by atoms with Crippen molar-refractivity contribution in [3.63, 3.8) is 0 Å². The predicted octanol–water partition coefficient (Wildman–Crippen LogP) is 4.21. The van der Waals surface area contributed by atoms with E-state index in [0.29, 0.717) is 35.8 Å². The van der Waals surface area contributed by atoms with E-state index in [2.05, 4.69) is 20.6 Å². The quantitative estimate of drug-likeness (QED) is 0.186. The molecule has 2 saturated heterocycles. The molecule has 1 saturated carbocycles. The number of carbonyl (C=O) groups excluding carboxylic acids is 3. The van der Waals surface area contributed by atoms with E-state index in [1.807, 2.05) is 12.1 Å². The number of hydrogen-bond acceptors (Lipinski definition) is 6. The number of fused-ring (bicyclic) bond motifs is 4. The van der Waals surface area contributed by atoms with Gasteiger partial charge in [0.1, 0.15) is 17.7 Å². The third-order valence-electron chi connectivity index (χ3n) is 9.29. The number of alkyl halides is 2. The number of thiophene rings is 1. The summed E-state index contributed by atoms with van der Waals surface area (Å²) in [6.45, 7) is 0.270. The fourth-order valence-electron chi connectivity index (χ4n) is 6.85.